The predicted octanol–water partition coefficient (Wildman–Crippen LogP) is 5.47. The second-order valence-electron chi connectivity index (χ2n) is 7.07. The number of nitrogens with one attached hydrogen (secondary N) is 3. The summed E-state index contributed by atoms with van der Waals surface area (Å²) in [6.07, 6.45) is 1.81. The Morgan fingerprint density at radius 2 is 1.68 bits per heavy atom. The van der Waals surface area contributed by atoms with Gasteiger partial charge in [0.05, 0.1) is 5.69 Å². The summed E-state index contributed by atoms with van der Waals surface area (Å²) in [6, 6.07) is 10.0. The van der Waals surface area contributed by atoms with Crippen molar-refractivity contribution in [3.8, 4) is 5.75 Å². The lowest BCUT2D eigenvalue weighted by atomic mass is 10.0. The average Bonchev–Trinajstić information content (AvgIpc) is 3.02. The lowest BCUT2D eigenvalue weighted by molar-refractivity contribution is 0.460. The third-order valence-electron chi connectivity index (χ3n) is 4.90. The first kappa shape index (κ1) is 17.9. The topological polar surface area (TPSA) is 71.1 Å². The van der Waals surface area contributed by atoms with Crippen LogP contribution in [-0.2, 0) is 0 Å². The van der Waals surface area contributed by atoms with Crippen molar-refractivity contribution in [2.24, 2.45) is 0 Å². The molecule has 1 aliphatic rings. The summed E-state index contributed by atoms with van der Waals surface area (Å²) in [7, 11) is 0. The van der Waals surface area contributed by atoms with E-state index < -0.39 is 0 Å². The first-order chi connectivity index (χ1) is 13.4. The van der Waals surface area contributed by atoms with Crippen molar-refractivity contribution >= 4 is 28.8 Å². The van der Waals surface area contributed by atoms with E-state index in [-0.39, 0.29) is 0 Å². The second kappa shape index (κ2) is 6.88. The number of benzene rings is 2. The predicted molar refractivity (Wildman–Crippen MR) is 114 cm³/mol. The normalized spacial score (nSPS) is 12.2. The molecule has 1 aliphatic heterocycles. The number of rotatable bonds is 4. The van der Waals surface area contributed by atoms with Crippen LogP contribution in [0, 0.1) is 27.7 Å². The number of nitrogens with zero attached hydrogens (tertiary/aromatic N) is 2. The molecule has 0 saturated heterocycles. The van der Waals surface area contributed by atoms with E-state index in [2.05, 4.69) is 65.4 Å². The summed E-state index contributed by atoms with van der Waals surface area (Å²) in [5, 5.41) is 9.76. The van der Waals surface area contributed by atoms with Gasteiger partial charge in [-0.15, -0.1) is 0 Å². The van der Waals surface area contributed by atoms with Crippen LogP contribution in [0.1, 0.15) is 22.3 Å². The number of fused-ring (bicyclic) bond motifs is 1. The monoisotopic (exact) mass is 373 g/mol. The molecule has 6 heteroatoms. The fourth-order valence-electron chi connectivity index (χ4n) is 3.11. The Hall–Kier alpha value is -3.54. The molecule has 0 aliphatic carbocycles. The van der Waals surface area contributed by atoms with Gasteiger partial charge in [-0.1, -0.05) is 0 Å². The van der Waals surface area contributed by atoms with Gasteiger partial charge in [0.15, 0.2) is 11.6 Å². The lowest BCUT2D eigenvalue weighted by Gasteiger charge is -2.13. The number of hydrogen-bond acceptors (Lipinski definition) is 6. The van der Waals surface area contributed by atoms with Gasteiger partial charge in [0.2, 0.25) is 5.95 Å². The molecular formula is C22H23N5O. The molecule has 142 valence electrons. The molecule has 0 fully saturated rings. The molecule has 0 radical (unpaired) electrons. The minimum Gasteiger partial charge on any atom is -0.440 e. The van der Waals surface area contributed by atoms with Crippen LogP contribution >= 0.6 is 0 Å². The zero-order chi connectivity index (χ0) is 19.8. The summed E-state index contributed by atoms with van der Waals surface area (Å²) in [5.41, 5.74) is 7.49. The molecule has 0 atom stereocenters. The minimum atomic E-state index is 0.528. The maximum Gasteiger partial charge on any atom is 0.229 e. The number of ether oxygens (including phenoxy) is 1. The van der Waals surface area contributed by atoms with E-state index in [0.29, 0.717) is 11.8 Å². The van der Waals surface area contributed by atoms with Crippen molar-refractivity contribution in [1.82, 2.24) is 9.97 Å². The number of anilines is 5. The Morgan fingerprint density at radius 1 is 0.929 bits per heavy atom. The second-order valence-corrected chi connectivity index (χ2v) is 7.07. The van der Waals surface area contributed by atoms with E-state index in [1.165, 1.54) is 16.7 Å². The summed E-state index contributed by atoms with van der Waals surface area (Å²) in [6.45, 7) is 12.1. The molecular weight excluding hydrogens is 350 g/mol. The Morgan fingerprint density at radius 3 is 2.43 bits per heavy atom. The van der Waals surface area contributed by atoms with Crippen molar-refractivity contribution in [1.29, 1.82) is 0 Å². The van der Waals surface area contributed by atoms with Crippen LogP contribution in [0.3, 0.4) is 0 Å². The molecule has 0 unspecified atom stereocenters. The maximum atomic E-state index is 5.48. The fraction of sp³-hybridized carbons (Fsp3) is 0.182. The van der Waals surface area contributed by atoms with Crippen LogP contribution in [0.2, 0.25) is 0 Å². The van der Waals surface area contributed by atoms with Crippen molar-refractivity contribution in [3.05, 3.63) is 71.2 Å². The smallest absolute Gasteiger partial charge is 0.229 e. The molecule has 3 aromatic rings. The van der Waals surface area contributed by atoms with Crippen LogP contribution in [0.15, 0.2) is 49.0 Å². The molecule has 0 saturated carbocycles. The van der Waals surface area contributed by atoms with Gasteiger partial charge in [-0.25, -0.2) is 4.98 Å². The molecule has 0 amide bonds. The van der Waals surface area contributed by atoms with Crippen molar-refractivity contribution in [3.63, 3.8) is 0 Å². The van der Waals surface area contributed by atoms with Crippen LogP contribution in [0.5, 0.6) is 5.75 Å². The average molecular weight is 373 g/mol. The molecule has 3 N–H and O–H groups in total. The van der Waals surface area contributed by atoms with E-state index in [0.717, 1.165) is 34.2 Å². The van der Waals surface area contributed by atoms with Gasteiger partial charge in [-0.05, 0) is 81.3 Å². The van der Waals surface area contributed by atoms with Crippen molar-refractivity contribution in [2.75, 3.05) is 16.0 Å². The van der Waals surface area contributed by atoms with Crippen LogP contribution in [0.4, 0.5) is 28.8 Å². The van der Waals surface area contributed by atoms with E-state index in [4.69, 9.17) is 4.74 Å². The highest BCUT2D eigenvalue weighted by atomic mass is 16.5. The van der Waals surface area contributed by atoms with Crippen molar-refractivity contribution in [2.45, 2.75) is 27.7 Å². The first-order valence-electron chi connectivity index (χ1n) is 9.12. The number of aromatic nitrogens is 2. The highest BCUT2D eigenvalue weighted by Crippen LogP contribution is 2.36. The first-order valence-corrected chi connectivity index (χ1v) is 9.12. The molecule has 6 nitrogen and oxygen atoms in total. The van der Waals surface area contributed by atoms with E-state index >= 15 is 0 Å². The molecule has 2 heterocycles. The minimum absolute atomic E-state index is 0.528. The third-order valence-corrected chi connectivity index (χ3v) is 4.90. The standard InChI is InChI=1S/C22H23N5O/c1-12-8-18(9-13(2)15(12)4)26-22-23-11-14(3)21(27-22)25-17-6-7-20-19(10-17)24-16(5)28-20/h6-11,24H,5H2,1-4H3,(H2,23,25,26,27). The Kier molecular flexibility index (Phi) is 4.39. The summed E-state index contributed by atoms with van der Waals surface area (Å²) < 4.78 is 5.48. The van der Waals surface area contributed by atoms with Gasteiger partial charge >= 0.3 is 0 Å². The molecule has 0 spiro atoms. The van der Waals surface area contributed by atoms with Gasteiger partial charge in [0.25, 0.3) is 0 Å². The fourth-order valence-corrected chi connectivity index (χ4v) is 3.11. The maximum absolute atomic E-state index is 5.48. The summed E-state index contributed by atoms with van der Waals surface area (Å²) in [5.74, 6) is 2.59. The highest BCUT2D eigenvalue weighted by molar-refractivity contribution is 5.72. The van der Waals surface area contributed by atoms with Gasteiger partial charge in [0, 0.05) is 23.1 Å². The quantitative estimate of drug-likeness (QED) is 0.563. The molecule has 2 aromatic carbocycles. The van der Waals surface area contributed by atoms with Gasteiger partial charge in [0.1, 0.15) is 5.82 Å². The van der Waals surface area contributed by atoms with E-state index in [1.54, 1.807) is 0 Å². The molecule has 28 heavy (non-hydrogen) atoms. The molecule has 1 aromatic heterocycles. The summed E-state index contributed by atoms with van der Waals surface area (Å²) >= 11 is 0. The van der Waals surface area contributed by atoms with Gasteiger partial charge in [-0.2, -0.15) is 4.98 Å². The van der Waals surface area contributed by atoms with E-state index in [1.807, 2.05) is 31.3 Å². The lowest BCUT2D eigenvalue weighted by Crippen LogP contribution is -2.03. The van der Waals surface area contributed by atoms with Crippen LogP contribution in [0.25, 0.3) is 0 Å². The van der Waals surface area contributed by atoms with Crippen LogP contribution in [-0.4, -0.2) is 9.97 Å². The Balaban J connectivity index is 1.58. The Bertz CT molecular complexity index is 1070. The highest BCUT2D eigenvalue weighted by Gasteiger charge is 2.15. The SMILES string of the molecule is C=C1Nc2cc(Nc3nc(Nc4cc(C)c(C)c(C)c4)ncc3C)ccc2O1. The molecule has 4 rings (SSSR count). The third kappa shape index (κ3) is 3.49. The van der Waals surface area contributed by atoms with Gasteiger partial charge < -0.3 is 20.7 Å². The zero-order valence-corrected chi connectivity index (χ0v) is 16.5. The number of hydrogen-bond donors (Lipinski definition) is 3. The molecule has 0 bridgehead atoms. The largest absolute Gasteiger partial charge is 0.440 e. The van der Waals surface area contributed by atoms with E-state index in [9.17, 15) is 0 Å². The zero-order valence-electron chi connectivity index (χ0n) is 16.5. The van der Waals surface area contributed by atoms with Crippen LogP contribution < -0.4 is 20.7 Å². The number of aryl methyl sites for hydroxylation is 3. The van der Waals surface area contributed by atoms with Gasteiger partial charge in [-0.3, -0.25) is 0 Å². The Labute approximate surface area is 164 Å². The van der Waals surface area contributed by atoms with Crippen molar-refractivity contribution < 1.29 is 4.74 Å². The summed E-state index contributed by atoms with van der Waals surface area (Å²) in [4.78, 5) is 9.07.